The Morgan fingerprint density at radius 3 is 0.928 bits per heavy atom. The monoisotopic (exact) mass is 957 g/mol. The molecule has 0 aromatic rings. The highest BCUT2D eigenvalue weighted by Crippen LogP contribution is 2.15. The van der Waals surface area contributed by atoms with Crippen molar-refractivity contribution in [2.75, 3.05) is 13.2 Å². The average Bonchev–Trinajstić information content (AvgIpc) is 3.35. The second-order valence-corrected chi connectivity index (χ2v) is 18.4. The minimum Gasteiger partial charge on any atom is -0.462 e. The fourth-order valence-corrected chi connectivity index (χ4v) is 7.54. The maximum absolute atomic E-state index is 12.8. The highest BCUT2D eigenvalue weighted by Gasteiger charge is 2.19. The van der Waals surface area contributed by atoms with Gasteiger partial charge in [-0.25, -0.2) is 0 Å². The van der Waals surface area contributed by atoms with E-state index in [0.29, 0.717) is 25.7 Å². The smallest absolute Gasteiger partial charge is 0.306 e. The summed E-state index contributed by atoms with van der Waals surface area (Å²) in [6, 6.07) is 0. The fourth-order valence-electron chi connectivity index (χ4n) is 7.54. The molecular formula is C63H104O6. The van der Waals surface area contributed by atoms with E-state index in [4.69, 9.17) is 14.2 Å². The van der Waals surface area contributed by atoms with Gasteiger partial charge in [-0.15, -0.1) is 0 Å². The third-order valence-corrected chi connectivity index (χ3v) is 11.7. The molecule has 0 aromatic carbocycles. The number of hydrogen-bond donors (Lipinski definition) is 0. The summed E-state index contributed by atoms with van der Waals surface area (Å²) < 4.78 is 16.8. The molecule has 0 heterocycles. The first kappa shape index (κ1) is 65.1. The summed E-state index contributed by atoms with van der Waals surface area (Å²) in [7, 11) is 0. The van der Waals surface area contributed by atoms with Crippen molar-refractivity contribution in [1.82, 2.24) is 0 Å². The quantitative estimate of drug-likeness (QED) is 0.0262. The normalized spacial score (nSPS) is 12.9. The predicted molar refractivity (Wildman–Crippen MR) is 297 cm³/mol. The van der Waals surface area contributed by atoms with Crippen LogP contribution in [0.3, 0.4) is 0 Å². The van der Waals surface area contributed by atoms with Gasteiger partial charge in [0.15, 0.2) is 6.10 Å². The van der Waals surface area contributed by atoms with E-state index in [1.165, 1.54) is 103 Å². The van der Waals surface area contributed by atoms with E-state index in [9.17, 15) is 14.4 Å². The highest BCUT2D eigenvalue weighted by atomic mass is 16.6. The van der Waals surface area contributed by atoms with Gasteiger partial charge in [0.05, 0.1) is 0 Å². The van der Waals surface area contributed by atoms with Gasteiger partial charge in [0.1, 0.15) is 13.2 Å². The topological polar surface area (TPSA) is 78.9 Å². The first-order valence-electron chi connectivity index (χ1n) is 28.4. The number of unbranched alkanes of at least 4 members (excludes halogenated alkanes) is 21. The molecule has 6 nitrogen and oxygen atoms in total. The van der Waals surface area contributed by atoms with Gasteiger partial charge in [-0.3, -0.25) is 14.4 Å². The zero-order valence-corrected chi connectivity index (χ0v) is 44.8. The third kappa shape index (κ3) is 54.9. The Labute approximate surface area is 425 Å². The van der Waals surface area contributed by atoms with E-state index < -0.39 is 6.10 Å². The van der Waals surface area contributed by atoms with Crippen molar-refractivity contribution < 1.29 is 28.6 Å². The first-order chi connectivity index (χ1) is 34.0. The van der Waals surface area contributed by atoms with Gasteiger partial charge in [-0.2, -0.15) is 0 Å². The second kappa shape index (κ2) is 56.7. The molecule has 0 aliphatic heterocycles. The van der Waals surface area contributed by atoms with Crippen LogP contribution in [0.4, 0.5) is 0 Å². The van der Waals surface area contributed by atoms with Crippen molar-refractivity contribution in [2.24, 2.45) is 0 Å². The van der Waals surface area contributed by atoms with Crippen LogP contribution in [-0.4, -0.2) is 37.2 Å². The van der Waals surface area contributed by atoms with Gasteiger partial charge in [0.25, 0.3) is 0 Å². The van der Waals surface area contributed by atoms with E-state index in [1.807, 2.05) is 0 Å². The molecule has 0 aliphatic rings. The summed E-state index contributed by atoms with van der Waals surface area (Å²) >= 11 is 0. The molecule has 392 valence electrons. The fraction of sp³-hybridized carbons (Fsp3) is 0.667. The molecule has 6 heteroatoms. The summed E-state index contributed by atoms with van der Waals surface area (Å²) in [6.45, 7) is 6.34. The van der Waals surface area contributed by atoms with Crippen LogP contribution in [0, 0.1) is 0 Å². The Kier molecular flexibility index (Phi) is 53.4. The second-order valence-electron chi connectivity index (χ2n) is 18.4. The summed E-state index contributed by atoms with van der Waals surface area (Å²) in [5.74, 6) is -0.996. The minimum absolute atomic E-state index is 0.110. The largest absolute Gasteiger partial charge is 0.462 e. The number of esters is 3. The summed E-state index contributed by atoms with van der Waals surface area (Å²) in [4.78, 5) is 38.1. The van der Waals surface area contributed by atoms with E-state index in [-0.39, 0.29) is 37.5 Å². The predicted octanol–water partition coefficient (Wildman–Crippen LogP) is 19.1. The zero-order valence-electron chi connectivity index (χ0n) is 44.8. The highest BCUT2D eigenvalue weighted by molar-refractivity contribution is 5.71. The molecule has 0 amide bonds. The van der Waals surface area contributed by atoms with Crippen molar-refractivity contribution >= 4 is 17.9 Å². The van der Waals surface area contributed by atoms with Crippen molar-refractivity contribution in [2.45, 2.75) is 258 Å². The van der Waals surface area contributed by atoms with Crippen molar-refractivity contribution in [1.29, 1.82) is 0 Å². The minimum atomic E-state index is -0.819. The van der Waals surface area contributed by atoms with Crippen LogP contribution in [0.15, 0.2) is 109 Å². The molecule has 0 radical (unpaired) electrons. The number of rotatable bonds is 50. The first-order valence-corrected chi connectivity index (χ1v) is 28.4. The van der Waals surface area contributed by atoms with Crippen LogP contribution >= 0.6 is 0 Å². The van der Waals surface area contributed by atoms with Crippen molar-refractivity contribution in [3.63, 3.8) is 0 Å². The lowest BCUT2D eigenvalue weighted by Gasteiger charge is -2.18. The number of carbonyl (C=O) groups is 3. The standard InChI is InChI=1S/C63H104O6/c1-4-7-10-13-16-19-22-25-28-29-30-31-32-33-36-38-41-44-47-50-53-56-62(65)68-59-60(69-63(66)57-54-51-48-45-42-39-35-27-24-21-18-15-12-9-6-3)58-67-61(64)55-52-49-46-43-40-37-34-26-23-20-17-14-11-8-5-2/h8-9,11-12,17-18,20-21,25-28,34-35,40,42-43,45,60H,4-7,10,13-16,19,22-24,29-33,36-39,41,44,46-59H2,1-3H3/b11-8-,12-9-,20-17-,21-18-,28-25-,34-26-,35-27-,43-40-,45-42-/t60-/m1/s1. The molecule has 0 saturated carbocycles. The Hall–Kier alpha value is -3.93. The zero-order chi connectivity index (χ0) is 50.0. The van der Waals surface area contributed by atoms with E-state index in [1.54, 1.807) is 0 Å². The molecule has 0 N–H and O–H groups in total. The van der Waals surface area contributed by atoms with Crippen LogP contribution in [-0.2, 0) is 28.6 Å². The van der Waals surface area contributed by atoms with Crippen LogP contribution < -0.4 is 0 Å². The number of allylic oxidation sites excluding steroid dienone is 18. The van der Waals surface area contributed by atoms with Gasteiger partial charge in [0, 0.05) is 19.3 Å². The number of ether oxygens (including phenoxy) is 3. The molecular weight excluding hydrogens is 853 g/mol. The van der Waals surface area contributed by atoms with Gasteiger partial charge in [0.2, 0.25) is 0 Å². The molecule has 0 bridgehead atoms. The lowest BCUT2D eigenvalue weighted by molar-refractivity contribution is -0.167. The molecule has 1 atom stereocenters. The van der Waals surface area contributed by atoms with Crippen LogP contribution in [0.5, 0.6) is 0 Å². The molecule has 0 rings (SSSR count). The summed E-state index contributed by atoms with van der Waals surface area (Å²) in [5, 5.41) is 0. The van der Waals surface area contributed by atoms with E-state index in [2.05, 4.69) is 130 Å². The van der Waals surface area contributed by atoms with Crippen molar-refractivity contribution in [3.8, 4) is 0 Å². The van der Waals surface area contributed by atoms with E-state index >= 15 is 0 Å². The molecule has 0 aliphatic carbocycles. The SMILES string of the molecule is CC/C=C\C/C=C\C/C=C\C/C=C\CCCCC(=O)OC[C@H](COC(=O)CCCCCCCCCCCCC/C=C\CCCCCCCC)OC(=O)CCCC/C=C\C/C=C\C/C=C\C/C=C\CC. The number of carbonyl (C=O) groups excluding carboxylic acids is 3. The molecule has 0 saturated heterocycles. The van der Waals surface area contributed by atoms with Gasteiger partial charge in [-0.05, 0) is 122 Å². The molecule has 0 unspecified atom stereocenters. The van der Waals surface area contributed by atoms with Gasteiger partial charge in [-0.1, -0.05) is 220 Å². The molecule has 0 fully saturated rings. The van der Waals surface area contributed by atoms with Crippen LogP contribution in [0.1, 0.15) is 252 Å². The van der Waals surface area contributed by atoms with E-state index in [0.717, 1.165) is 96.3 Å². The van der Waals surface area contributed by atoms with Crippen LogP contribution in [0.25, 0.3) is 0 Å². The Balaban J connectivity index is 4.45. The Morgan fingerprint density at radius 2 is 0.565 bits per heavy atom. The maximum atomic E-state index is 12.8. The van der Waals surface area contributed by atoms with Crippen LogP contribution in [0.2, 0.25) is 0 Å². The van der Waals surface area contributed by atoms with Gasteiger partial charge >= 0.3 is 17.9 Å². The lowest BCUT2D eigenvalue weighted by atomic mass is 10.0. The number of hydrogen-bond acceptors (Lipinski definition) is 6. The molecule has 69 heavy (non-hydrogen) atoms. The average molecular weight is 958 g/mol. The summed E-state index contributed by atoms with van der Waals surface area (Å²) in [5.41, 5.74) is 0. The third-order valence-electron chi connectivity index (χ3n) is 11.7. The molecule has 0 spiro atoms. The maximum Gasteiger partial charge on any atom is 0.306 e. The van der Waals surface area contributed by atoms with Gasteiger partial charge < -0.3 is 14.2 Å². The Morgan fingerprint density at radius 1 is 0.304 bits per heavy atom. The lowest BCUT2D eigenvalue weighted by Crippen LogP contribution is -2.30. The molecule has 0 aromatic heterocycles. The van der Waals surface area contributed by atoms with Crippen molar-refractivity contribution in [3.05, 3.63) is 109 Å². The Bertz CT molecular complexity index is 1420. The summed E-state index contributed by atoms with van der Waals surface area (Å²) in [6.07, 6.45) is 76.6.